The normalized spacial score (nSPS) is 27.7. The minimum absolute atomic E-state index is 0.706. The zero-order valence-corrected chi connectivity index (χ0v) is 15.3. The molecule has 2 aliphatic heterocycles. The first-order valence-corrected chi connectivity index (χ1v) is 9.81. The summed E-state index contributed by atoms with van der Waals surface area (Å²) in [4.78, 5) is 6.82. The number of hydrogen-bond acceptors (Lipinski definition) is 4. The van der Waals surface area contributed by atoms with Crippen LogP contribution in [0.2, 0.25) is 0 Å². The quantitative estimate of drug-likeness (QED) is 0.801. The van der Waals surface area contributed by atoms with Gasteiger partial charge in [-0.25, -0.2) is 0 Å². The lowest BCUT2D eigenvalue weighted by molar-refractivity contribution is 0.0160. The molecule has 2 saturated heterocycles. The largest absolute Gasteiger partial charge is 0.311 e. The van der Waals surface area contributed by atoms with Crippen LogP contribution in [-0.2, 0) is 6.54 Å². The average molecular weight is 372 g/mol. The molecule has 0 bridgehead atoms. The summed E-state index contributed by atoms with van der Waals surface area (Å²) in [6.45, 7) is 9.52. The highest BCUT2D eigenvalue weighted by Gasteiger charge is 2.32. The van der Waals surface area contributed by atoms with Crippen LogP contribution >= 0.6 is 27.3 Å². The van der Waals surface area contributed by atoms with Crippen molar-refractivity contribution in [2.45, 2.75) is 44.8 Å². The Bertz CT molecular complexity index is 450. The van der Waals surface area contributed by atoms with Crippen LogP contribution in [-0.4, -0.2) is 54.6 Å². The maximum absolute atomic E-state index is 3.59. The van der Waals surface area contributed by atoms with Crippen molar-refractivity contribution in [2.75, 3.05) is 32.7 Å². The Balaban J connectivity index is 1.40. The maximum atomic E-state index is 3.59. The van der Waals surface area contributed by atoms with Gasteiger partial charge in [-0.3, -0.25) is 9.80 Å². The van der Waals surface area contributed by atoms with Gasteiger partial charge in [-0.1, -0.05) is 6.42 Å². The van der Waals surface area contributed by atoms with Gasteiger partial charge in [0, 0.05) is 59.5 Å². The lowest BCUT2D eigenvalue weighted by atomic mass is 9.97. The molecule has 5 heteroatoms. The highest BCUT2D eigenvalue weighted by Crippen LogP contribution is 2.23. The Morgan fingerprint density at radius 3 is 3.10 bits per heavy atom. The van der Waals surface area contributed by atoms with Crippen LogP contribution in [0.4, 0.5) is 0 Å². The summed E-state index contributed by atoms with van der Waals surface area (Å²) in [7, 11) is 0. The summed E-state index contributed by atoms with van der Waals surface area (Å²) in [5.41, 5.74) is 0. The number of fused-ring (bicyclic) bond motifs is 1. The van der Waals surface area contributed by atoms with Gasteiger partial charge in [0.1, 0.15) is 0 Å². The molecule has 1 aromatic rings. The van der Waals surface area contributed by atoms with E-state index in [9.17, 15) is 0 Å². The Hall–Kier alpha value is 0.0600. The summed E-state index contributed by atoms with van der Waals surface area (Å²) in [5, 5.41) is 5.74. The maximum Gasteiger partial charge on any atom is 0.0300 e. The molecule has 118 valence electrons. The number of hydrogen-bond donors (Lipinski definition) is 1. The van der Waals surface area contributed by atoms with E-state index >= 15 is 0 Å². The molecule has 2 fully saturated rings. The first-order valence-electron chi connectivity index (χ1n) is 8.14. The lowest BCUT2D eigenvalue weighted by Crippen LogP contribution is -2.59. The number of halogens is 1. The molecule has 3 rings (SSSR count). The predicted octanol–water partition coefficient (Wildman–Crippen LogP) is 3.16. The van der Waals surface area contributed by atoms with E-state index in [0.29, 0.717) is 6.04 Å². The van der Waals surface area contributed by atoms with Crippen molar-refractivity contribution in [3.8, 4) is 0 Å². The fraction of sp³-hybridized carbons (Fsp3) is 0.750. The molecule has 1 N–H and O–H groups in total. The highest BCUT2D eigenvalue weighted by atomic mass is 79.9. The Labute approximate surface area is 140 Å². The Kier molecular flexibility index (Phi) is 5.73. The average Bonchev–Trinajstić information content (AvgIpc) is 2.89. The molecule has 2 atom stereocenters. The van der Waals surface area contributed by atoms with Crippen molar-refractivity contribution in [3.63, 3.8) is 0 Å². The van der Waals surface area contributed by atoms with E-state index in [1.165, 1.54) is 54.8 Å². The third kappa shape index (κ3) is 4.29. The minimum atomic E-state index is 0.706. The standard InChI is InChI=1S/C16H26BrN3S/c1-13-10-20-6-3-2-4-15(20)11-19(13)7-5-18-9-16-8-14(17)12-21-16/h8,12-13,15,18H,2-7,9-11H2,1H3. The molecule has 1 aromatic heterocycles. The first-order chi connectivity index (χ1) is 10.2. The molecule has 0 spiro atoms. The Morgan fingerprint density at radius 2 is 2.29 bits per heavy atom. The molecular weight excluding hydrogens is 346 g/mol. The third-order valence-corrected chi connectivity index (χ3v) is 6.51. The molecule has 3 nitrogen and oxygen atoms in total. The number of piperazine rings is 1. The van der Waals surface area contributed by atoms with Crippen molar-refractivity contribution in [1.29, 1.82) is 0 Å². The van der Waals surface area contributed by atoms with Crippen molar-refractivity contribution in [2.24, 2.45) is 0 Å². The summed E-state index contributed by atoms with van der Waals surface area (Å²) in [5.74, 6) is 0. The second kappa shape index (κ2) is 7.55. The van der Waals surface area contributed by atoms with Crippen LogP contribution in [0.15, 0.2) is 15.9 Å². The summed E-state index contributed by atoms with van der Waals surface area (Å²) >= 11 is 5.34. The number of nitrogens with one attached hydrogen (secondary N) is 1. The monoisotopic (exact) mass is 371 g/mol. The molecule has 0 aromatic carbocycles. The van der Waals surface area contributed by atoms with Crippen molar-refractivity contribution in [3.05, 3.63) is 20.8 Å². The van der Waals surface area contributed by atoms with E-state index in [4.69, 9.17) is 0 Å². The van der Waals surface area contributed by atoms with Gasteiger partial charge >= 0.3 is 0 Å². The van der Waals surface area contributed by atoms with E-state index in [2.05, 4.69) is 49.4 Å². The van der Waals surface area contributed by atoms with Gasteiger partial charge < -0.3 is 5.32 Å². The van der Waals surface area contributed by atoms with Crippen LogP contribution in [0.5, 0.6) is 0 Å². The molecule has 2 aliphatic rings. The van der Waals surface area contributed by atoms with Gasteiger partial charge in [-0.2, -0.15) is 0 Å². The van der Waals surface area contributed by atoms with Gasteiger partial charge in [-0.15, -0.1) is 11.3 Å². The summed E-state index contributed by atoms with van der Waals surface area (Å²) < 4.78 is 1.20. The first kappa shape index (κ1) is 15.9. The number of rotatable bonds is 5. The molecule has 0 aliphatic carbocycles. The lowest BCUT2D eigenvalue weighted by Gasteiger charge is -2.47. The number of piperidine rings is 1. The molecular formula is C16H26BrN3S. The van der Waals surface area contributed by atoms with E-state index in [-0.39, 0.29) is 0 Å². The molecule has 2 unspecified atom stereocenters. The fourth-order valence-electron chi connectivity index (χ4n) is 3.61. The zero-order valence-electron chi connectivity index (χ0n) is 12.9. The highest BCUT2D eigenvalue weighted by molar-refractivity contribution is 9.10. The van der Waals surface area contributed by atoms with Gasteiger partial charge in [0.25, 0.3) is 0 Å². The summed E-state index contributed by atoms with van der Waals surface area (Å²) in [6.07, 6.45) is 4.23. The number of nitrogens with zero attached hydrogens (tertiary/aromatic N) is 2. The van der Waals surface area contributed by atoms with Crippen molar-refractivity contribution < 1.29 is 0 Å². The predicted molar refractivity (Wildman–Crippen MR) is 94.0 cm³/mol. The van der Waals surface area contributed by atoms with E-state index in [1.54, 1.807) is 0 Å². The van der Waals surface area contributed by atoms with Gasteiger partial charge in [0.2, 0.25) is 0 Å². The van der Waals surface area contributed by atoms with Crippen LogP contribution in [0.3, 0.4) is 0 Å². The minimum Gasteiger partial charge on any atom is -0.311 e. The fourth-order valence-corrected chi connectivity index (χ4v) is 5.03. The number of thiophene rings is 1. The van der Waals surface area contributed by atoms with Crippen molar-refractivity contribution >= 4 is 27.3 Å². The van der Waals surface area contributed by atoms with Gasteiger partial charge in [0.05, 0.1) is 0 Å². The smallest absolute Gasteiger partial charge is 0.0300 e. The van der Waals surface area contributed by atoms with E-state index in [0.717, 1.165) is 19.1 Å². The third-order valence-electron chi connectivity index (χ3n) is 4.81. The Morgan fingerprint density at radius 1 is 1.38 bits per heavy atom. The topological polar surface area (TPSA) is 18.5 Å². The van der Waals surface area contributed by atoms with Crippen LogP contribution < -0.4 is 5.32 Å². The molecule has 0 saturated carbocycles. The second-order valence-corrected chi connectivity index (χ2v) is 8.31. The van der Waals surface area contributed by atoms with E-state index < -0.39 is 0 Å². The molecule has 3 heterocycles. The molecule has 0 radical (unpaired) electrons. The van der Waals surface area contributed by atoms with Gasteiger partial charge in [-0.05, 0) is 48.3 Å². The van der Waals surface area contributed by atoms with E-state index in [1.807, 2.05) is 11.3 Å². The SMILES string of the molecule is CC1CN2CCCCC2CN1CCNCc1cc(Br)cs1. The van der Waals surface area contributed by atoms with Gasteiger partial charge in [0.15, 0.2) is 0 Å². The summed E-state index contributed by atoms with van der Waals surface area (Å²) in [6, 6.07) is 3.74. The molecule has 0 amide bonds. The molecule has 21 heavy (non-hydrogen) atoms. The van der Waals surface area contributed by atoms with Crippen LogP contribution in [0, 0.1) is 0 Å². The second-order valence-electron chi connectivity index (χ2n) is 6.40. The van der Waals surface area contributed by atoms with Crippen LogP contribution in [0.1, 0.15) is 31.1 Å². The van der Waals surface area contributed by atoms with Crippen molar-refractivity contribution in [1.82, 2.24) is 15.1 Å². The van der Waals surface area contributed by atoms with Crippen LogP contribution in [0.25, 0.3) is 0 Å². The zero-order chi connectivity index (χ0) is 14.7.